The summed E-state index contributed by atoms with van der Waals surface area (Å²) in [6.45, 7) is 3.95. The zero-order valence-electron chi connectivity index (χ0n) is 13.7. The lowest BCUT2D eigenvalue weighted by atomic mass is 10.1. The number of rotatable bonds is 2. The highest BCUT2D eigenvalue weighted by Crippen LogP contribution is 2.35. The number of nitrogens with zero attached hydrogens (tertiary/aromatic N) is 4. The van der Waals surface area contributed by atoms with E-state index < -0.39 is 29.7 Å². The smallest absolute Gasteiger partial charge is 0.263 e. The normalized spacial score (nSPS) is 22.0. The summed E-state index contributed by atoms with van der Waals surface area (Å²) in [4.78, 5) is 26.5. The van der Waals surface area contributed by atoms with Crippen LogP contribution >= 0.6 is 0 Å². The standard InChI is InChI=1S/C18H15FN4O2/c1-10-6-7-14(8-11(10)2)23-16-15(20-21-23)17(24)22(18(16)25)13-5-3-4-12(19)9-13/h3-9,15-16H,1-2H3. The van der Waals surface area contributed by atoms with E-state index in [0.29, 0.717) is 5.69 Å². The highest BCUT2D eigenvalue weighted by atomic mass is 19.1. The number of aryl methyl sites for hydroxylation is 2. The van der Waals surface area contributed by atoms with Crippen LogP contribution in [0.15, 0.2) is 52.8 Å². The van der Waals surface area contributed by atoms with Gasteiger partial charge in [-0.3, -0.25) is 9.59 Å². The molecule has 2 heterocycles. The molecule has 126 valence electrons. The summed E-state index contributed by atoms with van der Waals surface area (Å²) >= 11 is 0. The van der Waals surface area contributed by atoms with E-state index in [4.69, 9.17) is 0 Å². The predicted octanol–water partition coefficient (Wildman–Crippen LogP) is 2.94. The number of benzene rings is 2. The van der Waals surface area contributed by atoms with Crippen LogP contribution in [0, 0.1) is 19.7 Å². The van der Waals surface area contributed by atoms with Gasteiger partial charge in [-0.25, -0.2) is 14.3 Å². The molecule has 2 atom stereocenters. The molecule has 7 heteroatoms. The van der Waals surface area contributed by atoms with Crippen molar-refractivity contribution in [3.05, 3.63) is 59.4 Å². The second kappa shape index (κ2) is 5.47. The van der Waals surface area contributed by atoms with Crippen LogP contribution in [0.2, 0.25) is 0 Å². The molecule has 25 heavy (non-hydrogen) atoms. The van der Waals surface area contributed by atoms with Crippen molar-refractivity contribution in [3.63, 3.8) is 0 Å². The predicted molar refractivity (Wildman–Crippen MR) is 89.7 cm³/mol. The van der Waals surface area contributed by atoms with Crippen LogP contribution < -0.4 is 9.91 Å². The van der Waals surface area contributed by atoms with Crippen molar-refractivity contribution in [3.8, 4) is 0 Å². The van der Waals surface area contributed by atoms with E-state index in [-0.39, 0.29) is 5.69 Å². The summed E-state index contributed by atoms with van der Waals surface area (Å²) in [7, 11) is 0. The average molecular weight is 338 g/mol. The molecule has 2 aromatic rings. The fraction of sp³-hybridized carbons (Fsp3) is 0.222. The summed E-state index contributed by atoms with van der Waals surface area (Å²) < 4.78 is 13.5. The molecule has 0 aliphatic carbocycles. The number of halogens is 1. The Kier molecular flexibility index (Phi) is 3.38. The summed E-state index contributed by atoms with van der Waals surface area (Å²) in [5, 5.41) is 9.47. The Labute approximate surface area is 143 Å². The van der Waals surface area contributed by atoms with Crippen molar-refractivity contribution in [1.29, 1.82) is 0 Å². The second-order valence-electron chi connectivity index (χ2n) is 6.20. The molecule has 4 rings (SSSR count). The van der Waals surface area contributed by atoms with Gasteiger partial charge in [0.2, 0.25) is 0 Å². The molecule has 0 radical (unpaired) electrons. The maximum atomic E-state index is 13.5. The van der Waals surface area contributed by atoms with Crippen molar-refractivity contribution in [2.75, 3.05) is 9.91 Å². The first-order valence-electron chi connectivity index (χ1n) is 7.88. The fourth-order valence-corrected chi connectivity index (χ4v) is 3.11. The molecule has 0 aromatic heterocycles. The zero-order chi connectivity index (χ0) is 17.7. The molecule has 6 nitrogen and oxygen atoms in total. The Morgan fingerprint density at radius 1 is 0.960 bits per heavy atom. The number of carbonyl (C=O) groups excluding carboxylic acids is 2. The van der Waals surface area contributed by atoms with Gasteiger partial charge in [0.25, 0.3) is 11.8 Å². The lowest BCUT2D eigenvalue weighted by molar-refractivity contribution is -0.121. The fourth-order valence-electron chi connectivity index (χ4n) is 3.11. The first-order valence-corrected chi connectivity index (χ1v) is 7.88. The van der Waals surface area contributed by atoms with Crippen molar-refractivity contribution < 1.29 is 14.0 Å². The first kappa shape index (κ1) is 15.4. The van der Waals surface area contributed by atoms with Crippen LogP contribution in [-0.4, -0.2) is 23.9 Å². The molecule has 2 amide bonds. The Morgan fingerprint density at radius 2 is 1.76 bits per heavy atom. The summed E-state index contributed by atoms with van der Waals surface area (Å²) in [6.07, 6.45) is 0. The van der Waals surface area contributed by atoms with E-state index in [1.165, 1.54) is 23.2 Å². The second-order valence-corrected chi connectivity index (χ2v) is 6.20. The third-order valence-corrected chi connectivity index (χ3v) is 4.60. The maximum Gasteiger partial charge on any atom is 0.263 e. The molecule has 0 saturated carbocycles. The monoisotopic (exact) mass is 338 g/mol. The molecule has 0 N–H and O–H groups in total. The largest absolute Gasteiger partial charge is 0.271 e. The molecule has 0 spiro atoms. The molecule has 1 saturated heterocycles. The Balaban J connectivity index is 1.71. The highest BCUT2D eigenvalue weighted by molar-refractivity contribution is 6.26. The van der Waals surface area contributed by atoms with Gasteiger partial charge in [-0.05, 0) is 55.3 Å². The third-order valence-electron chi connectivity index (χ3n) is 4.60. The number of hydrogen-bond donors (Lipinski definition) is 0. The minimum atomic E-state index is -0.905. The van der Waals surface area contributed by atoms with Gasteiger partial charge in [0.15, 0.2) is 12.1 Å². The van der Waals surface area contributed by atoms with Gasteiger partial charge in [0.05, 0.1) is 11.4 Å². The van der Waals surface area contributed by atoms with E-state index in [1.807, 2.05) is 32.0 Å². The van der Waals surface area contributed by atoms with Gasteiger partial charge >= 0.3 is 0 Å². The molecular weight excluding hydrogens is 323 g/mol. The van der Waals surface area contributed by atoms with E-state index in [0.717, 1.165) is 22.1 Å². The number of anilines is 2. The lowest BCUT2D eigenvalue weighted by Gasteiger charge is -2.21. The molecule has 2 aliphatic heterocycles. The van der Waals surface area contributed by atoms with Crippen LogP contribution in [0.3, 0.4) is 0 Å². The van der Waals surface area contributed by atoms with Crippen LogP contribution in [0.25, 0.3) is 0 Å². The van der Waals surface area contributed by atoms with Crippen LogP contribution in [0.4, 0.5) is 15.8 Å². The minimum absolute atomic E-state index is 0.208. The Morgan fingerprint density at radius 3 is 2.48 bits per heavy atom. The SMILES string of the molecule is Cc1ccc(N2N=NC3C(=O)N(c4cccc(F)c4)C(=O)C32)cc1C. The van der Waals surface area contributed by atoms with Gasteiger partial charge in [0.1, 0.15) is 5.82 Å². The molecule has 1 fully saturated rings. The zero-order valence-corrected chi connectivity index (χ0v) is 13.7. The Bertz CT molecular complexity index is 927. The molecule has 2 aliphatic rings. The van der Waals surface area contributed by atoms with Crippen molar-refractivity contribution >= 4 is 23.2 Å². The van der Waals surface area contributed by atoms with Gasteiger partial charge in [-0.15, -0.1) is 0 Å². The first-order chi connectivity index (χ1) is 12.0. The highest BCUT2D eigenvalue weighted by Gasteiger charge is 2.55. The van der Waals surface area contributed by atoms with Crippen LogP contribution in [0.5, 0.6) is 0 Å². The van der Waals surface area contributed by atoms with E-state index in [1.54, 1.807) is 0 Å². The number of hydrogen-bond acceptors (Lipinski definition) is 5. The minimum Gasteiger partial charge on any atom is -0.271 e. The lowest BCUT2D eigenvalue weighted by Crippen LogP contribution is -2.40. The quantitative estimate of drug-likeness (QED) is 0.791. The van der Waals surface area contributed by atoms with Gasteiger partial charge in [-0.2, -0.15) is 5.11 Å². The van der Waals surface area contributed by atoms with Crippen LogP contribution in [0.1, 0.15) is 11.1 Å². The number of imide groups is 1. The van der Waals surface area contributed by atoms with Gasteiger partial charge < -0.3 is 0 Å². The van der Waals surface area contributed by atoms with Crippen molar-refractivity contribution in [1.82, 2.24) is 0 Å². The van der Waals surface area contributed by atoms with Gasteiger partial charge in [-0.1, -0.05) is 17.4 Å². The molecule has 0 bridgehead atoms. The van der Waals surface area contributed by atoms with E-state index >= 15 is 0 Å². The number of amides is 2. The summed E-state index contributed by atoms with van der Waals surface area (Å²) in [5.41, 5.74) is 3.07. The Hall–Kier alpha value is -3.09. The van der Waals surface area contributed by atoms with Crippen LogP contribution in [-0.2, 0) is 9.59 Å². The molecular formula is C18H15FN4O2. The van der Waals surface area contributed by atoms with E-state index in [9.17, 15) is 14.0 Å². The van der Waals surface area contributed by atoms with Crippen molar-refractivity contribution in [2.45, 2.75) is 25.9 Å². The maximum absolute atomic E-state index is 13.5. The summed E-state index contributed by atoms with van der Waals surface area (Å²) in [5.74, 6) is -1.46. The number of carbonyl (C=O) groups is 2. The summed E-state index contributed by atoms with van der Waals surface area (Å²) in [6, 6.07) is 9.34. The van der Waals surface area contributed by atoms with Crippen molar-refractivity contribution in [2.24, 2.45) is 10.3 Å². The molecule has 2 unspecified atom stereocenters. The van der Waals surface area contributed by atoms with Gasteiger partial charge in [0, 0.05) is 0 Å². The molecule has 2 aromatic carbocycles. The van der Waals surface area contributed by atoms with E-state index in [2.05, 4.69) is 10.3 Å². The third kappa shape index (κ3) is 2.31. The topological polar surface area (TPSA) is 65.3 Å². The average Bonchev–Trinajstić information content (AvgIpc) is 3.11. The number of fused-ring (bicyclic) bond motifs is 1.